The van der Waals surface area contributed by atoms with E-state index in [-0.39, 0.29) is 5.82 Å². The number of carbonyl (C=O) groups is 1. The fraction of sp³-hybridized carbons (Fsp3) is 0.312. The first-order chi connectivity index (χ1) is 19.7. The maximum absolute atomic E-state index is 14.0. The Morgan fingerprint density at radius 3 is 2.17 bits per heavy atom. The molecule has 0 atom stereocenters. The Morgan fingerprint density at radius 2 is 1.56 bits per heavy atom. The van der Waals surface area contributed by atoms with Crippen molar-refractivity contribution in [2.24, 2.45) is 0 Å². The van der Waals surface area contributed by atoms with Crippen LogP contribution in [0.1, 0.15) is 27.0 Å². The summed E-state index contributed by atoms with van der Waals surface area (Å²) in [6, 6.07) is 14.2. The lowest BCUT2D eigenvalue weighted by molar-refractivity contribution is 0.111. The molecule has 0 bridgehead atoms. The lowest BCUT2D eigenvalue weighted by atomic mass is 9.95. The van der Waals surface area contributed by atoms with E-state index in [0.29, 0.717) is 37.6 Å². The Balaban J connectivity index is 1.85. The van der Waals surface area contributed by atoms with E-state index in [0.717, 1.165) is 45.6 Å². The van der Waals surface area contributed by atoms with E-state index in [4.69, 9.17) is 19.6 Å². The number of hydrogen-bond donors (Lipinski definition) is 1. The van der Waals surface area contributed by atoms with Crippen LogP contribution in [-0.4, -0.2) is 75.8 Å². The second kappa shape index (κ2) is 14.9. The number of nitrogens with zero attached hydrogens (tertiary/aromatic N) is 3. The Morgan fingerprint density at radius 1 is 0.878 bits per heavy atom. The maximum Gasteiger partial charge on any atom is 0.153 e. The maximum atomic E-state index is 14.0. The van der Waals surface area contributed by atoms with Gasteiger partial charge in [0.2, 0.25) is 0 Å². The van der Waals surface area contributed by atoms with E-state index >= 15 is 0 Å². The zero-order chi connectivity index (χ0) is 29.9. The summed E-state index contributed by atoms with van der Waals surface area (Å²) in [6.07, 6.45) is 5.63. The van der Waals surface area contributed by atoms with Crippen molar-refractivity contribution in [3.8, 4) is 28.4 Å². The minimum absolute atomic E-state index is 0.323. The van der Waals surface area contributed by atoms with Gasteiger partial charge in [-0.1, -0.05) is 6.07 Å². The largest absolute Gasteiger partial charge is 0.497 e. The van der Waals surface area contributed by atoms with Crippen LogP contribution in [0, 0.1) is 18.2 Å². The van der Waals surface area contributed by atoms with E-state index in [1.165, 1.54) is 18.5 Å². The molecule has 0 saturated carbocycles. The highest BCUT2D eigenvalue weighted by molar-refractivity contribution is 5.87. The number of hydrogen-bond acceptors (Lipinski definition) is 7. The Kier molecular flexibility index (Phi) is 11.3. The lowest BCUT2D eigenvalue weighted by Gasteiger charge is -2.22. The van der Waals surface area contributed by atoms with Gasteiger partial charge in [0.15, 0.2) is 6.29 Å². The molecule has 8 nitrogen and oxygen atoms in total. The van der Waals surface area contributed by atoms with Gasteiger partial charge < -0.3 is 24.0 Å². The molecule has 3 aromatic carbocycles. The minimum Gasteiger partial charge on any atom is -0.497 e. The zero-order valence-electron chi connectivity index (χ0n) is 24.6. The van der Waals surface area contributed by atoms with Crippen LogP contribution in [0.4, 0.5) is 4.39 Å². The molecule has 0 fully saturated rings. The number of carbonyl (C=O) groups excluding carboxylic acids is 1. The van der Waals surface area contributed by atoms with Gasteiger partial charge in [0, 0.05) is 57.8 Å². The van der Waals surface area contributed by atoms with Crippen molar-refractivity contribution in [3.63, 3.8) is 0 Å². The van der Waals surface area contributed by atoms with Crippen molar-refractivity contribution in [1.29, 1.82) is 5.41 Å². The third-order valence-corrected chi connectivity index (χ3v) is 6.56. The number of ether oxygens (including phenoxy) is 3. The van der Waals surface area contributed by atoms with Crippen molar-refractivity contribution in [3.05, 3.63) is 89.0 Å². The Bertz CT molecular complexity index is 1360. The van der Waals surface area contributed by atoms with Gasteiger partial charge in [-0.3, -0.25) is 15.1 Å². The van der Waals surface area contributed by atoms with Crippen LogP contribution in [0.5, 0.6) is 17.2 Å². The van der Waals surface area contributed by atoms with E-state index in [1.807, 2.05) is 62.5 Å². The van der Waals surface area contributed by atoms with E-state index in [9.17, 15) is 9.18 Å². The third-order valence-electron chi connectivity index (χ3n) is 6.56. The van der Waals surface area contributed by atoms with Crippen molar-refractivity contribution < 1.29 is 23.4 Å². The number of halogens is 1. The second-order valence-electron chi connectivity index (χ2n) is 9.95. The van der Waals surface area contributed by atoms with E-state index in [1.54, 1.807) is 38.4 Å². The molecule has 41 heavy (non-hydrogen) atoms. The summed E-state index contributed by atoms with van der Waals surface area (Å²) in [5, 5.41) is 7.32. The van der Waals surface area contributed by atoms with Crippen molar-refractivity contribution in [2.45, 2.75) is 20.0 Å². The van der Waals surface area contributed by atoms with Crippen LogP contribution in [0.3, 0.4) is 0 Å². The molecule has 218 valence electrons. The van der Waals surface area contributed by atoms with Gasteiger partial charge in [-0.2, -0.15) is 0 Å². The number of aldehydes is 1. The number of aryl methyl sites for hydroxylation is 1. The summed E-state index contributed by atoms with van der Waals surface area (Å²) in [7, 11) is 8.92. The van der Waals surface area contributed by atoms with Gasteiger partial charge in [0.1, 0.15) is 29.7 Å². The van der Waals surface area contributed by atoms with Crippen molar-refractivity contribution >= 4 is 12.6 Å². The molecule has 1 N–H and O–H groups in total. The van der Waals surface area contributed by atoms with Gasteiger partial charge in [0.25, 0.3) is 0 Å². The van der Waals surface area contributed by atoms with Gasteiger partial charge in [-0.25, -0.2) is 4.39 Å². The summed E-state index contributed by atoms with van der Waals surface area (Å²) in [5.41, 5.74) is 4.63. The average Bonchev–Trinajstić information content (AvgIpc) is 2.95. The zero-order valence-corrected chi connectivity index (χ0v) is 24.6. The molecule has 0 saturated heterocycles. The molecule has 0 spiro atoms. The highest BCUT2D eigenvalue weighted by atomic mass is 19.1. The van der Waals surface area contributed by atoms with Crippen LogP contribution in [0.15, 0.2) is 60.9 Å². The summed E-state index contributed by atoms with van der Waals surface area (Å²) >= 11 is 0. The second-order valence-corrected chi connectivity index (χ2v) is 9.95. The van der Waals surface area contributed by atoms with Crippen molar-refractivity contribution in [1.82, 2.24) is 14.7 Å². The molecule has 0 amide bonds. The molecule has 3 aromatic rings. The van der Waals surface area contributed by atoms with Crippen LogP contribution < -0.4 is 14.2 Å². The third kappa shape index (κ3) is 8.81. The summed E-state index contributed by atoms with van der Waals surface area (Å²) in [5.74, 6) is 1.59. The first kappa shape index (κ1) is 31.2. The summed E-state index contributed by atoms with van der Waals surface area (Å²) in [4.78, 5) is 18.0. The van der Waals surface area contributed by atoms with Gasteiger partial charge in [0.05, 0.1) is 26.1 Å². The quantitative estimate of drug-likeness (QED) is 0.147. The number of rotatable bonds is 15. The molecule has 9 heteroatoms. The van der Waals surface area contributed by atoms with E-state index in [2.05, 4.69) is 4.90 Å². The number of likely N-dealkylation sites (N-methyl/N-ethyl adjacent to an activating group) is 1. The standard InChI is InChI=1S/C32H39FN4O4/c1-23-13-27(33)7-8-30(23)31-17-24(19-35(2)9-10-37(4)22-34)14-26(21-38)32(31)41-12-11-36(3)20-25-15-28(39-5)18-29(16-25)40-6/h7-10,13-18,21-22,34H,11-12,19-20H2,1-6H3/b10-9-,34-22?. The molecule has 0 aromatic heterocycles. The summed E-state index contributed by atoms with van der Waals surface area (Å²) in [6.45, 7) is 3.93. The highest BCUT2D eigenvalue weighted by Gasteiger charge is 2.17. The smallest absolute Gasteiger partial charge is 0.153 e. The molecule has 0 aliphatic rings. The molecule has 0 aliphatic heterocycles. The predicted octanol–water partition coefficient (Wildman–Crippen LogP) is 5.58. The molecular formula is C32H39FN4O4. The normalized spacial score (nSPS) is 11.0. The average molecular weight is 563 g/mol. The number of benzene rings is 3. The topological polar surface area (TPSA) is 78.3 Å². The molecule has 0 heterocycles. The number of nitrogens with one attached hydrogen (secondary N) is 1. The van der Waals surface area contributed by atoms with Crippen molar-refractivity contribution in [2.75, 3.05) is 48.5 Å². The van der Waals surface area contributed by atoms with Gasteiger partial charge >= 0.3 is 0 Å². The van der Waals surface area contributed by atoms with Gasteiger partial charge in [-0.05, 0) is 72.6 Å². The fourth-order valence-corrected chi connectivity index (χ4v) is 4.44. The lowest BCUT2D eigenvalue weighted by Crippen LogP contribution is -2.24. The SMILES string of the molecule is COc1cc(CN(C)CCOc2c(C=O)cc(CN(C)/C=C\N(C)C=N)cc2-c2ccc(F)cc2C)cc(OC)c1. The van der Waals surface area contributed by atoms with Gasteiger partial charge in [-0.15, -0.1) is 0 Å². The highest BCUT2D eigenvalue weighted by Crippen LogP contribution is 2.36. The fourth-order valence-electron chi connectivity index (χ4n) is 4.44. The van der Waals surface area contributed by atoms with Crippen LogP contribution in [0.2, 0.25) is 0 Å². The first-order valence-corrected chi connectivity index (χ1v) is 13.2. The van der Waals surface area contributed by atoms with Crippen LogP contribution in [0.25, 0.3) is 11.1 Å². The Labute approximate surface area is 242 Å². The minimum atomic E-state index is -0.323. The molecular weight excluding hydrogens is 523 g/mol. The molecule has 3 rings (SSSR count). The Hall–Kier alpha value is -4.37. The molecule has 0 radical (unpaired) electrons. The predicted molar refractivity (Wildman–Crippen MR) is 160 cm³/mol. The first-order valence-electron chi connectivity index (χ1n) is 13.2. The van der Waals surface area contributed by atoms with Crippen LogP contribution >= 0.6 is 0 Å². The summed E-state index contributed by atoms with van der Waals surface area (Å²) < 4.78 is 31.0. The van der Waals surface area contributed by atoms with E-state index < -0.39 is 0 Å². The number of methoxy groups -OCH3 is 2. The molecule has 0 aliphatic carbocycles. The monoisotopic (exact) mass is 562 g/mol. The van der Waals surface area contributed by atoms with Crippen LogP contribution in [-0.2, 0) is 13.1 Å². The molecule has 0 unspecified atom stereocenters.